The number of methoxy groups -OCH3 is 1. The minimum atomic E-state index is 0.646. The SMILES string of the molecule is COCCCOCCNN1C(C)CCCC1C. The van der Waals surface area contributed by atoms with E-state index in [1.54, 1.807) is 7.11 Å². The Labute approximate surface area is 106 Å². The molecule has 2 atom stereocenters. The van der Waals surface area contributed by atoms with E-state index in [1.165, 1.54) is 19.3 Å². The molecular formula is C13H28N2O2. The van der Waals surface area contributed by atoms with Crippen molar-refractivity contribution in [2.75, 3.05) is 33.5 Å². The van der Waals surface area contributed by atoms with Gasteiger partial charge in [-0.3, -0.25) is 5.43 Å². The predicted octanol–water partition coefficient (Wildman–Crippen LogP) is 1.81. The van der Waals surface area contributed by atoms with Crippen molar-refractivity contribution >= 4 is 0 Å². The number of ether oxygens (including phenoxy) is 2. The van der Waals surface area contributed by atoms with E-state index in [4.69, 9.17) is 9.47 Å². The van der Waals surface area contributed by atoms with E-state index >= 15 is 0 Å². The van der Waals surface area contributed by atoms with Crippen molar-refractivity contribution in [2.45, 2.75) is 51.6 Å². The van der Waals surface area contributed by atoms with Gasteiger partial charge in [0.15, 0.2) is 0 Å². The zero-order valence-electron chi connectivity index (χ0n) is 11.6. The van der Waals surface area contributed by atoms with E-state index < -0.39 is 0 Å². The van der Waals surface area contributed by atoms with Crippen LogP contribution in [0.5, 0.6) is 0 Å². The molecule has 1 fully saturated rings. The van der Waals surface area contributed by atoms with Crippen molar-refractivity contribution in [2.24, 2.45) is 0 Å². The van der Waals surface area contributed by atoms with Gasteiger partial charge in [0.2, 0.25) is 0 Å². The molecule has 0 aromatic rings. The van der Waals surface area contributed by atoms with Crippen molar-refractivity contribution in [1.82, 2.24) is 10.4 Å². The highest BCUT2D eigenvalue weighted by Gasteiger charge is 2.23. The Morgan fingerprint density at radius 2 is 1.82 bits per heavy atom. The molecule has 0 saturated carbocycles. The number of rotatable bonds is 8. The van der Waals surface area contributed by atoms with Gasteiger partial charge in [0.25, 0.3) is 0 Å². The first-order valence-corrected chi connectivity index (χ1v) is 6.84. The summed E-state index contributed by atoms with van der Waals surface area (Å²) in [7, 11) is 1.72. The lowest BCUT2D eigenvalue weighted by Crippen LogP contribution is -2.52. The summed E-state index contributed by atoms with van der Waals surface area (Å²) in [6.45, 7) is 7.85. The fourth-order valence-corrected chi connectivity index (χ4v) is 2.39. The monoisotopic (exact) mass is 244 g/mol. The van der Waals surface area contributed by atoms with Gasteiger partial charge in [0.1, 0.15) is 0 Å². The Balaban J connectivity index is 2.01. The molecule has 1 N–H and O–H groups in total. The molecule has 1 saturated heterocycles. The molecule has 0 aliphatic carbocycles. The lowest BCUT2D eigenvalue weighted by molar-refractivity contribution is 0.0287. The van der Waals surface area contributed by atoms with Gasteiger partial charge in [-0.2, -0.15) is 0 Å². The van der Waals surface area contributed by atoms with Crippen LogP contribution in [0.1, 0.15) is 39.5 Å². The van der Waals surface area contributed by atoms with Crippen LogP contribution in [0.2, 0.25) is 0 Å². The molecule has 0 radical (unpaired) electrons. The summed E-state index contributed by atoms with van der Waals surface area (Å²) in [6, 6.07) is 1.29. The van der Waals surface area contributed by atoms with Crippen molar-refractivity contribution in [3.8, 4) is 0 Å². The minimum Gasteiger partial charge on any atom is -0.385 e. The number of hydrogen-bond donors (Lipinski definition) is 1. The summed E-state index contributed by atoms with van der Waals surface area (Å²) >= 11 is 0. The molecule has 1 heterocycles. The van der Waals surface area contributed by atoms with E-state index in [0.29, 0.717) is 12.1 Å². The number of piperidine rings is 1. The highest BCUT2D eigenvalue weighted by molar-refractivity contribution is 4.76. The van der Waals surface area contributed by atoms with Crippen LogP contribution in [0, 0.1) is 0 Å². The maximum atomic E-state index is 5.53. The van der Waals surface area contributed by atoms with Gasteiger partial charge in [-0.25, -0.2) is 5.01 Å². The fraction of sp³-hybridized carbons (Fsp3) is 1.00. The Hall–Kier alpha value is -0.160. The molecule has 0 spiro atoms. The maximum Gasteiger partial charge on any atom is 0.0604 e. The van der Waals surface area contributed by atoms with Crippen LogP contribution < -0.4 is 5.43 Å². The molecule has 2 unspecified atom stereocenters. The van der Waals surface area contributed by atoms with Crippen LogP contribution in [0.25, 0.3) is 0 Å². The molecule has 0 aromatic heterocycles. The second-order valence-electron chi connectivity index (χ2n) is 4.90. The lowest BCUT2D eigenvalue weighted by atomic mass is 10.00. The normalized spacial score (nSPS) is 26.3. The fourth-order valence-electron chi connectivity index (χ4n) is 2.39. The van der Waals surface area contributed by atoms with Gasteiger partial charge in [0.05, 0.1) is 6.61 Å². The standard InChI is InChI=1S/C13H28N2O2/c1-12-6-4-7-13(2)15(12)14-8-11-17-10-5-9-16-3/h12-14H,4-11H2,1-3H3. The van der Waals surface area contributed by atoms with Gasteiger partial charge in [-0.1, -0.05) is 6.42 Å². The molecular weight excluding hydrogens is 216 g/mol. The van der Waals surface area contributed by atoms with E-state index in [-0.39, 0.29) is 0 Å². The van der Waals surface area contributed by atoms with Crippen molar-refractivity contribution in [3.05, 3.63) is 0 Å². The largest absolute Gasteiger partial charge is 0.385 e. The number of hydrazine groups is 1. The van der Waals surface area contributed by atoms with Gasteiger partial charge < -0.3 is 9.47 Å². The molecule has 17 heavy (non-hydrogen) atoms. The van der Waals surface area contributed by atoms with Crippen LogP contribution in [-0.4, -0.2) is 50.6 Å². The molecule has 1 aliphatic heterocycles. The average molecular weight is 244 g/mol. The third-order valence-corrected chi connectivity index (χ3v) is 3.37. The van der Waals surface area contributed by atoms with Gasteiger partial charge in [-0.05, 0) is 33.1 Å². The van der Waals surface area contributed by atoms with E-state index in [1.807, 2.05) is 0 Å². The highest BCUT2D eigenvalue weighted by atomic mass is 16.5. The Bertz CT molecular complexity index is 180. The molecule has 1 rings (SSSR count). The zero-order valence-corrected chi connectivity index (χ0v) is 11.6. The lowest BCUT2D eigenvalue weighted by Gasteiger charge is -2.39. The molecule has 0 bridgehead atoms. The summed E-state index contributed by atoms with van der Waals surface area (Å²) in [6.07, 6.45) is 4.93. The summed E-state index contributed by atoms with van der Waals surface area (Å²) in [5, 5.41) is 2.39. The smallest absolute Gasteiger partial charge is 0.0604 e. The van der Waals surface area contributed by atoms with Crippen LogP contribution in [-0.2, 0) is 9.47 Å². The van der Waals surface area contributed by atoms with E-state index in [0.717, 1.165) is 32.8 Å². The van der Waals surface area contributed by atoms with Crippen LogP contribution in [0.4, 0.5) is 0 Å². The Kier molecular flexibility index (Phi) is 7.77. The maximum absolute atomic E-state index is 5.53. The first-order chi connectivity index (χ1) is 8.25. The first kappa shape index (κ1) is 14.9. The number of nitrogens with zero attached hydrogens (tertiary/aromatic N) is 1. The van der Waals surface area contributed by atoms with E-state index in [2.05, 4.69) is 24.3 Å². The van der Waals surface area contributed by atoms with Crippen molar-refractivity contribution < 1.29 is 9.47 Å². The summed E-state index contributed by atoms with van der Waals surface area (Å²) in [5.74, 6) is 0. The molecule has 1 aliphatic rings. The topological polar surface area (TPSA) is 33.7 Å². The van der Waals surface area contributed by atoms with Crippen LogP contribution >= 0.6 is 0 Å². The molecule has 0 amide bonds. The van der Waals surface area contributed by atoms with Gasteiger partial charge in [0, 0.05) is 39.0 Å². The second kappa shape index (κ2) is 8.86. The number of hydrogen-bond acceptors (Lipinski definition) is 4. The Morgan fingerprint density at radius 3 is 2.47 bits per heavy atom. The molecule has 102 valence electrons. The third kappa shape index (κ3) is 5.82. The molecule has 4 heteroatoms. The predicted molar refractivity (Wildman–Crippen MR) is 69.9 cm³/mol. The van der Waals surface area contributed by atoms with E-state index in [9.17, 15) is 0 Å². The summed E-state index contributed by atoms with van der Waals surface area (Å²) in [5.41, 5.74) is 3.49. The van der Waals surface area contributed by atoms with Crippen molar-refractivity contribution in [1.29, 1.82) is 0 Å². The zero-order chi connectivity index (χ0) is 12.5. The Morgan fingerprint density at radius 1 is 1.12 bits per heavy atom. The highest BCUT2D eigenvalue weighted by Crippen LogP contribution is 2.19. The quantitative estimate of drug-likeness (QED) is 0.660. The van der Waals surface area contributed by atoms with Crippen LogP contribution in [0.3, 0.4) is 0 Å². The molecule has 4 nitrogen and oxygen atoms in total. The van der Waals surface area contributed by atoms with Crippen LogP contribution in [0.15, 0.2) is 0 Å². The minimum absolute atomic E-state index is 0.646. The summed E-state index contributed by atoms with van der Waals surface area (Å²) < 4.78 is 10.5. The molecule has 0 aromatic carbocycles. The van der Waals surface area contributed by atoms with Gasteiger partial charge >= 0.3 is 0 Å². The summed E-state index contributed by atoms with van der Waals surface area (Å²) in [4.78, 5) is 0. The average Bonchev–Trinajstić information content (AvgIpc) is 2.31. The number of nitrogens with one attached hydrogen (secondary N) is 1. The first-order valence-electron chi connectivity index (χ1n) is 6.84. The third-order valence-electron chi connectivity index (χ3n) is 3.37. The van der Waals surface area contributed by atoms with Crippen molar-refractivity contribution in [3.63, 3.8) is 0 Å². The van der Waals surface area contributed by atoms with Gasteiger partial charge in [-0.15, -0.1) is 0 Å². The second-order valence-corrected chi connectivity index (χ2v) is 4.90.